The summed E-state index contributed by atoms with van der Waals surface area (Å²) in [6.45, 7) is 6.10. The Bertz CT molecular complexity index is 876. The number of hydrogen-bond acceptors (Lipinski definition) is 10. The van der Waals surface area contributed by atoms with Gasteiger partial charge in [0.15, 0.2) is 12.0 Å². The predicted octanol–water partition coefficient (Wildman–Crippen LogP) is -0.767. The number of nitrogens with zero attached hydrogens (tertiary/aromatic N) is 2. The predicted molar refractivity (Wildman–Crippen MR) is 114 cm³/mol. The lowest BCUT2D eigenvalue weighted by Gasteiger charge is -2.33. The van der Waals surface area contributed by atoms with E-state index < -0.39 is 40.1 Å². The first-order chi connectivity index (χ1) is 14.0. The van der Waals surface area contributed by atoms with Crippen LogP contribution >= 0.6 is 0 Å². The highest BCUT2D eigenvalue weighted by Crippen LogP contribution is 2.33. The molecule has 30 heavy (non-hydrogen) atoms. The number of sulfonamides is 1. The third-order valence-electron chi connectivity index (χ3n) is 4.53. The molecule has 1 aliphatic heterocycles. The number of anilines is 3. The van der Waals surface area contributed by atoms with Gasteiger partial charge < -0.3 is 30.6 Å². The Morgan fingerprint density at radius 2 is 2.00 bits per heavy atom. The SMILES string of the molecule is CCCN(c1nc(N)[nH]c(=O)c1N)[C@@H]1O[C@H](CNS(C)(=O)=O)[C@@H](OC(C)C)[C@H]1OC. The molecule has 1 aliphatic rings. The molecule has 6 N–H and O–H groups in total. The molecule has 12 nitrogen and oxygen atoms in total. The molecule has 13 heteroatoms. The summed E-state index contributed by atoms with van der Waals surface area (Å²) in [5.41, 5.74) is 11.0. The molecule has 0 radical (unpaired) electrons. The fraction of sp³-hybridized carbons (Fsp3) is 0.765. The number of H-pyrrole nitrogens is 1. The monoisotopic (exact) mass is 448 g/mol. The van der Waals surface area contributed by atoms with Crippen LogP contribution in [0, 0.1) is 0 Å². The smallest absolute Gasteiger partial charge is 0.277 e. The highest BCUT2D eigenvalue weighted by atomic mass is 32.2. The molecule has 2 rings (SSSR count). The first kappa shape index (κ1) is 24.3. The molecular weight excluding hydrogens is 416 g/mol. The van der Waals surface area contributed by atoms with Crippen molar-refractivity contribution in [3.05, 3.63) is 10.4 Å². The summed E-state index contributed by atoms with van der Waals surface area (Å²) in [4.78, 5) is 20.4. The van der Waals surface area contributed by atoms with Crippen molar-refractivity contribution in [3.63, 3.8) is 0 Å². The Labute approximate surface area is 176 Å². The van der Waals surface area contributed by atoms with E-state index in [4.69, 9.17) is 25.7 Å². The van der Waals surface area contributed by atoms with Crippen LogP contribution < -0.4 is 26.6 Å². The number of ether oxygens (including phenoxy) is 3. The largest absolute Gasteiger partial charge is 0.391 e. The van der Waals surface area contributed by atoms with E-state index in [1.165, 1.54) is 7.11 Å². The van der Waals surface area contributed by atoms with E-state index in [9.17, 15) is 13.2 Å². The third-order valence-corrected chi connectivity index (χ3v) is 5.22. The molecule has 0 aromatic carbocycles. The van der Waals surface area contributed by atoms with Gasteiger partial charge in [0.1, 0.15) is 24.0 Å². The second kappa shape index (κ2) is 9.92. The summed E-state index contributed by atoms with van der Waals surface area (Å²) in [6, 6.07) is 0. The van der Waals surface area contributed by atoms with Gasteiger partial charge in [0.25, 0.3) is 5.56 Å². The summed E-state index contributed by atoms with van der Waals surface area (Å²) in [5, 5.41) is 0. The van der Waals surface area contributed by atoms with E-state index in [1.54, 1.807) is 4.90 Å². The maximum Gasteiger partial charge on any atom is 0.277 e. The lowest BCUT2D eigenvalue weighted by Crippen LogP contribution is -2.48. The minimum absolute atomic E-state index is 0.00698. The third kappa shape index (κ3) is 5.82. The van der Waals surface area contributed by atoms with Gasteiger partial charge in [0, 0.05) is 20.2 Å². The molecule has 4 atom stereocenters. The Hall–Kier alpha value is -1.93. The van der Waals surface area contributed by atoms with Crippen LogP contribution in [0.1, 0.15) is 27.2 Å². The second-order valence-electron chi connectivity index (χ2n) is 7.42. The van der Waals surface area contributed by atoms with E-state index >= 15 is 0 Å². The summed E-state index contributed by atoms with van der Waals surface area (Å²) >= 11 is 0. The quantitative estimate of drug-likeness (QED) is 0.356. The van der Waals surface area contributed by atoms with Crippen LogP contribution in [0.2, 0.25) is 0 Å². The van der Waals surface area contributed by atoms with Crippen molar-refractivity contribution in [1.82, 2.24) is 14.7 Å². The number of methoxy groups -OCH3 is 1. The van der Waals surface area contributed by atoms with Crippen molar-refractivity contribution in [2.24, 2.45) is 0 Å². The number of rotatable bonds is 10. The van der Waals surface area contributed by atoms with Crippen molar-refractivity contribution in [1.29, 1.82) is 0 Å². The van der Waals surface area contributed by atoms with Crippen molar-refractivity contribution >= 4 is 27.5 Å². The molecule has 1 fully saturated rings. The van der Waals surface area contributed by atoms with Crippen molar-refractivity contribution in [2.45, 2.75) is 57.8 Å². The molecule has 0 spiro atoms. The molecule has 0 saturated carbocycles. The van der Waals surface area contributed by atoms with E-state index in [2.05, 4.69) is 14.7 Å². The van der Waals surface area contributed by atoms with Gasteiger partial charge in [-0.2, -0.15) is 4.98 Å². The molecule has 1 aromatic rings. The Morgan fingerprint density at radius 3 is 2.53 bits per heavy atom. The fourth-order valence-electron chi connectivity index (χ4n) is 3.39. The van der Waals surface area contributed by atoms with Gasteiger partial charge in [-0.1, -0.05) is 6.92 Å². The lowest BCUT2D eigenvalue weighted by atomic mass is 10.1. The van der Waals surface area contributed by atoms with Crippen molar-refractivity contribution < 1.29 is 22.6 Å². The first-order valence-corrected chi connectivity index (χ1v) is 11.6. The highest BCUT2D eigenvalue weighted by molar-refractivity contribution is 7.88. The number of aromatic nitrogens is 2. The van der Waals surface area contributed by atoms with E-state index in [0.717, 1.165) is 6.26 Å². The van der Waals surface area contributed by atoms with Gasteiger partial charge in [-0.15, -0.1) is 0 Å². The maximum atomic E-state index is 12.1. The zero-order valence-corrected chi connectivity index (χ0v) is 18.7. The van der Waals surface area contributed by atoms with Gasteiger partial charge >= 0.3 is 0 Å². The highest BCUT2D eigenvalue weighted by Gasteiger charge is 2.49. The number of aromatic amines is 1. The minimum Gasteiger partial charge on any atom is -0.391 e. The second-order valence-corrected chi connectivity index (χ2v) is 9.25. The van der Waals surface area contributed by atoms with Gasteiger partial charge in [-0.05, 0) is 20.3 Å². The van der Waals surface area contributed by atoms with Crippen LogP contribution in [0.15, 0.2) is 4.79 Å². The molecule has 0 bridgehead atoms. The number of nitrogen functional groups attached to an aromatic ring is 2. The lowest BCUT2D eigenvalue weighted by molar-refractivity contribution is -0.0746. The molecule has 1 aromatic heterocycles. The fourth-order valence-corrected chi connectivity index (χ4v) is 3.85. The standard InChI is InChI=1S/C17H32N6O6S/c1-6-7-23(14-11(18)15(24)22-17(19)21-14)16-13(27-4)12(28-9(2)3)10(29-16)8-20-30(5,25)26/h9-10,12-13,16,20H,6-8,18H2,1-5H3,(H3,19,21,22,24)/t10-,12-,13-,16-/m1/s1. The average Bonchev–Trinajstić information content (AvgIpc) is 2.97. The molecule has 1 saturated heterocycles. The van der Waals surface area contributed by atoms with Crippen molar-refractivity contribution in [3.8, 4) is 0 Å². The summed E-state index contributed by atoms with van der Waals surface area (Å²) in [6.07, 6.45) is -0.960. The van der Waals surface area contributed by atoms with Crippen LogP contribution in [0.4, 0.5) is 17.5 Å². The molecular formula is C17H32N6O6S. The van der Waals surface area contributed by atoms with Gasteiger partial charge in [0.2, 0.25) is 16.0 Å². The summed E-state index contributed by atoms with van der Waals surface area (Å²) in [7, 11) is -1.93. The number of hydrogen-bond donors (Lipinski definition) is 4. The first-order valence-electron chi connectivity index (χ1n) is 9.68. The van der Waals surface area contributed by atoms with E-state index in [1.807, 2.05) is 20.8 Å². The molecule has 0 amide bonds. The van der Waals surface area contributed by atoms with Crippen LogP contribution in [0.25, 0.3) is 0 Å². The zero-order valence-electron chi connectivity index (χ0n) is 17.9. The Kier molecular flexibility index (Phi) is 8.05. The Morgan fingerprint density at radius 1 is 1.33 bits per heavy atom. The molecule has 172 valence electrons. The molecule has 2 heterocycles. The van der Waals surface area contributed by atoms with Crippen LogP contribution in [0.3, 0.4) is 0 Å². The van der Waals surface area contributed by atoms with Gasteiger partial charge in [-0.25, -0.2) is 13.1 Å². The number of nitrogens with two attached hydrogens (primary N) is 2. The van der Waals surface area contributed by atoms with Gasteiger partial charge in [-0.3, -0.25) is 9.78 Å². The minimum atomic E-state index is -3.44. The van der Waals surface area contributed by atoms with E-state index in [-0.39, 0.29) is 30.1 Å². The van der Waals surface area contributed by atoms with E-state index in [0.29, 0.717) is 13.0 Å². The van der Waals surface area contributed by atoms with Gasteiger partial charge in [0.05, 0.1) is 12.4 Å². The molecule has 0 aliphatic carbocycles. The average molecular weight is 449 g/mol. The normalized spacial score (nSPS) is 24.5. The summed E-state index contributed by atoms with van der Waals surface area (Å²) in [5.74, 6) is 0.0905. The van der Waals surface area contributed by atoms with Crippen LogP contribution in [0.5, 0.6) is 0 Å². The topological polar surface area (TPSA) is 175 Å². The maximum absolute atomic E-state index is 12.1. The van der Waals surface area contributed by atoms with Crippen LogP contribution in [-0.2, 0) is 24.2 Å². The molecule has 0 unspecified atom stereocenters. The summed E-state index contributed by atoms with van der Waals surface area (Å²) < 4.78 is 43.5. The Balaban J connectivity index is 2.45. The van der Waals surface area contributed by atoms with Crippen molar-refractivity contribution in [2.75, 3.05) is 42.8 Å². The zero-order chi connectivity index (χ0) is 22.6. The number of nitrogens with one attached hydrogen (secondary N) is 2. The van der Waals surface area contributed by atoms with Crippen LogP contribution in [-0.4, -0.2) is 75.5 Å².